The van der Waals surface area contributed by atoms with Crippen molar-refractivity contribution in [2.24, 2.45) is 5.92 Å². The molecule has 2 aliphatic heterocycles. The quantitative estimate of drug-likeness (QED) is 0.681. The van der Waals surface area contributed by atoms with Gasteiger partial charge in [-0.15, -0.1) is 11.3 Å². The minimum atomic E-state index is 0.125. The van der Waals surface area contributed by atoms with Crippen molar-refractivity contribution >= 4 is 11.3 Å². The number of piperidine rings is 1. The Bertz CT molecular complexity index is 1110. The van der Waals surface area contributed by atoms with Gasteiger partial charge in [0.25, 0.3) is 5.56 Å². The first kappa shape index (κ1) is 17.4. The maximum atomic E-state index is 12.6. The van der Waals surface area contributed by atoms with Crippen molar-refractivity contribution in [1.82, 2.24) is 9.47 Å². The van der Waals surface area contributed by atoms with Gasteiger partial charge < -0.3 is 4.57 Å². The molecular weight excluding hydrogens is 366 g/mol. The Morgan fingerprint density at radius 3 is 2.86 bits per heavy atom. The third-order valence-electron chi connectivity index (χ3n) is 5.91. The molecule has 5 rings (SSSR count). The Morgan fingerprint density at radius 1 is 1.11 bits per heavy atom. The highest BCUT2D eigenvalue weighted by Crippen LogP contribution is 2.41. The first-order valence-electron chi connectivity index (χ1n) is 9.70. The summed E-state index contributed by atoms with van der Waals surface area (Å²) >= 11 is 1.73. The Morgan fingerprint density at radius 2 is 2.04 bits per heavy atom. The fourth-order valence-electron chi connectivity index (χ4n) is 4.88. The molecule has 140 valence electrons. The average Bonchev–Trinajstić information content (AvgIpc) is 3.23. The summed E-state index contributed by atoms with van der Waals surface area (Å²) in [5.41, 5.74) is 4.45. The number of hydrogen-bond acceptors (Lipinski definition) is 4. The zero-order valence-corrected chi connectivity index (χ0v) is 16.4. The van der Waals surface area contributed by atoms with Crippen LogP contribution in [0.3, 0.4) is 0 Å². The minimum Gasteiger partial charge on any atom is -0.311 e. The predicted octanol–water partition coefficient (Wildman–Crippen LogP) is 4.07. The zero-order chi connectivity index (χ0) is 19.1. The van der Waals surface area contributed by atoms with Crippen LogP contribution in [0.25, 0.3) is 10.4 Å². The van der Waals surface area contributed by atoms with Gasteiger partial charge in [0.05, 0.1) is 11.6 Å². The van der Waals surface area contributed by atoms with Gasteiger partial charge >= 0.3 is 0 Å². The van der Waals surface area contributed by atoms with Crippen LogP contribution < -0.4 is 5.56 Å². The smallest absolute Gasteiger partial charge is 0.250 e. The van der Waals surface area contributed by atoms with Crippen LogP contribution in [0.5, 0.6) is 0 Å². The summed E-state index contributed by atoms with van der Waals surface area (Å²) in [6.07, 6.45) is 1.15. The molecule has 3 aromatic rings. The van der Waals surface area contributed by atoms with E-state index in [0.717, 1.165) is 32.6 Å². The molecule has 0 radical (unpaired) electrons. The summed E-state index contributed by atoms with van der Waals surface area (Å²) in [4.78, 5) is 16.3. The van der Waals surface area contributed by atoms with Crippen LogP contribution in [-0.2, 0) is 13.1 Å². The van der Waals surface area contributed by atoms with Crippen molar-refractivity contribution in [1.29, 1.82) is 5.26 Å². The lowest BCUT2D eigenvalue weighted by Gasteiger charge is -2.43. The molecule has 2 bridgehead atoms. The molecule has 2 atom stereocenters. The Hall–Kier alpha value is -2.68. The number of hydrogen-bond donors (Lipinski definition) is 0. The van der Waals surface area contributed by atoms with Gasteiger partial charge in [-0.25, -0.2) is 0 Å². The molecule has 1 fully saturated rings. The standard InChI is InChI=1S/C23H21N3OS/c24-11-16-3-1-4-17(9-16)12-25-13-18-10-19(15-25)23-20(21-5-2-8-28-21)6-7-22(27)26(23)14-18/h1-9,18-19H,10,12-15H2/t18-,19-/m1/s1. The van der Waals surface area contributed by atoms with Crippen molar-refractivity contribution in [2.75, 3.05) is 13.1 Å². The first-order valence-corrected chi connectivity index (χ1v) is 10.6. The topological polar surface area (TPSA) is 49.0 Å². The summed E-state index contributed by atoms with van der Waals surface area (Å²) in [6, 6.07) is 18.1. The lowest BCUT2D eigenvalue weighted by atomic mass is 9.81. The number of fused-ring (bicyclic) bond motifs is 4. The van der Waals surface area contributed by atoms with Crippen LogP contribution in [0.2, 0.25) is 0 Å². The highest BCUT2D eigenvalue weighted by atomic mass is 32.1. The third-order valence-corrected chi connectivity index (χ3v) is 6.82. The van der Waals surface area contributed by atoms with E-state index in [1.54, 1.807) is 17.4 Å². The SMILES string of the molecule is N#Cc1cccc(CN2C[C@H]3C[C@H](C2)c2c(-c4cccs4)ccc(=O)n2C3)c1. The van der Waals surface area contributed by atoms with Gasteiger partial charge in [0, 0.05) is 54.3 Å². The van der Waals surface area contributed by atoms with Gasteiger partial charge in [-0.2, -0.15) is 5.26 Å². The summed E-state index contributed by atoms with van der Waals surface area (Å²) in [6.45, 7) is 3.62. The Kier molecular flexibility index (Phi) is 4.38. The van der Waals surface area contributed by atoms with Gasteiger partial charge in [-0.1, -0.05) is 18.2 Å². The first-order chi connectivity index (χ1) is 13.7. The van der Waals surface area contributed by atoms with Gasteiger partial charge in [-0.3, -0.25) is 9.69 Å². The van der Waals surface area contributed by atoms with Gasteiger partial charge in [0.15, 0.2) is 0 Å². The molecule has 0 spiro atoms. The maximum absolute atomic E-state index is 12.6. The van der Waals surface area contributed by atoms with Crippen LogP contribution >= 0.6 is 11.3 Å². The van der Waals surface area contributed by atoms with Gasteiger partial charge in [0.1, 0.15) is 0 Å². The van der Waals surface area contributed by atoms with E-state index in [9.17, 15) is 4.79 Å². The fraction of sp³-hybridized carbons (Fsp3) is 0.304. The molecule has 0 unspecified atom stereocenters. The molecule has 5 heteroatoms. The lowest BCUT2D eigenvalue weighted by molar-refractivity contribution is 0.115. The van der Waals surface area contributed by atoms with Crippen LogP contribution in [0.15, 0.2) is 58.7 Å². The van der Waals surface area contributed by atoms with E-state index in [1.807, 2.05) is 28.8 Å². The average molecular weight is 388 g/mol. The second-order valence-electron chi connectivity index (χ2n) is 7.86. The van der Waals surface area contributed by atoms with Gasteiger partial charge in [0.2, 0.25) is 0 Å². The van der Waals surface area contributed by atoms with Crippen molar-refractivity contribution in [3.8, 4) is 16.5 Å². The van der Waals surface area contributed by atoms with Crippen molar-refractivity contribution in [3.05, 3.63) is 81.1 Å². The summed E-state index contributed by atoms with van der Waals surface area (Å²) in [5.74, 6) is 0.874. The zero-order valence-electron chi connectivity index (χ0n) is 15.5. The number of thiophene rings is 1. The third kappa shape index (κ3) is 3.09. The van der Waals surface area contributed by atoms with E-state index >= 15 is 0 Å². The number of nitrogens with zero attached hydrogens (tertiary/aromatic N) is 3. The second kappa shape index (κ2) is 7.05. The molecule has 2 aromatic heterocycles. The number of likely N-dealkylation sites (tertiary alicyclic amines) is 1. The number of pyridine rings is 1. The second-order valence-corrected chi connectivity index (χ2v) is 8.81. The molecule has 0 saturated carbocycles. The molecule has 4 nitrogen and oxygen atoms in total. The monoisotopic (exact) mass is 387 g/mol. The van der Waals surface area contributed by atoms with Crippen molar-refractivity contribution < 1.29 is 0 Å². The molecule has 28 heavy (non-hydrogen) atoms. The highest BCUT2D eigenvalue weighted by Gasteiger charge is 2.36. The molecule has 0 amide bonds. The van der Waals surface area contributed by atoms with E-state index < -0.39 is 0 Å². The van der Waals surface area contributed by atoms with Crippen molar-refractivity contribution in [3.63, 3.8) is 0 Å². The van der Waals surface area contributed by atoms with E-state index in [1.165, 1.54) is 21.7 Å². The predicted molar refractivity (Wildman–Crippen MR) is 111 cm³/mol. The van der Waals surface area contributed by atoms with Crippen molar-refractivity contribution in [2.45, 2.75) is 25.4 Å². The number of benzene rings is 1. The molecule has 2 aliphatic rings. The van der Waals surface area contributed by atoms with E-state index in [2.05, 4.69) is 34.5 Å². The number of aromatic nitrogens is 1. The summed E-state index contributed by atoms with van der Waals surface area (Å²) in [7, 11) is 0. The Labute approximate surface area is 168 Å². The van der Waals surface area contributed by atoms with Crippen LogP contribution in [0, 0.1) is 17.2 Å². The van der Waals surface area contributed by atoms with Crippen LogP contribution in [0.1, 0.15) is 29.2 Å². The molecule has 0 aliphatic carbocycles. The molecule has 1 saturated heterocycles. The lowest BCUT2D eigenvalue weighted by Crippen LogP contribution is -2.47. The fourth-order valence-corrected chi connectivity index (χ4v) is 5.64. The Balaban J connectivity index is 1.48. The highest BCUT2D eigenvalue weighted by molar-refractivity contribution is 7.13. The molecule has 1 aromatic carbocycles. The van der Waals surface area contributed by atoms with Gasteiger partial charge in [-0.05, 0) is 47.5 Å². The number of nitriles is 1. The summed E-state index contributed by atoms with van der Waals surface area (Å²) < 4.78 is 2.03. The van der Waals surface area contributed by atoms with Crippen LogP contribution in [0.4, 0.5) is 0 Å². The largest absolute Gasteiger partial charge is 0.311 e. The molecule has 4 heterocycles. The number of rotatable bonds is 3. The minimum absolute atomic E-state index is 0.125. The molecular formula is C23H21N3OS. The normalized spacial score (nSPS) is 21.1. The van der Waals surface area contributed by atoms with Crippen LogP contribution in [-0.4, -0.2) is 22.6 Å². The van der Waals surface area contributed by atoms with E-state index in [4.69, 9.17) is 5.26 Å². The summed E-state index contributed by atoms with van der Waals surface area (Å²) in [5, 5.41) is 11.3. The molecule has 0 N–H and O–H groups in total. The van der Waals surface area contributed by atoms with E-state index in [0.29, 0.717) is 17.4 Å². The maximum Gasteiger partial charge on any atom is 0.250 e. The van der Waals surface area contributed by atoms with E-state index in [-0.39, 0.29) is 5.56 Å².